The normalized spacial score (nSPS) is 16.4. The zero-order valence-electron chi connectivity index (χ0n) is 18.7. The summed E-state index contributed by atoms with van der Waals surface area (Å²) in [5.41, 5.74) is 3.66. The van der Waals surface area contributed by atoms with Gasteiger partial charge in [0.15, 0.2) is 5.78 Å². The van der Waals surface area contributed by atoms with E-state index in [9.17, 15) is 9.59 Å². The second-order valence-electron chi connectivity index (χ2n) is 9.48. The molecule has 2 aliphatic rings. The molecule has 0 N–H and O–H groups in total. The van der Waals surface area contributed by atoms with Gasteiger partial charge in [-0.25, -0.2) is 4.79 Å². The van der Waals surface area contributed by atoms with E-state index in [0.29, 0.717) is 22.6 Å². The number of rotatable bonds is 6. The van der Waals surface area contributed by atoms with Gasteiger partial charge < -0.3 is 13.9 Å². The number of hydrogen-bond donors (Lipinski definition) is 0. The molecule has 29 heavy (non-hydrogen) atoms. The van der Waals surface area contributed by atoms with Crippen molar-refractivity contribution in [2.24, 2.45) is 0 Å². The van der Waals surface area contributed by atoms with Gasteiger partial charge >= 0.3 is 5.97 Å². The number of esters is 1. The lowest BCUT2D eigenvalue weighted by molar-refractivity contribution is -0.115. The minimum Gasteiger partial charge on any atom is -0.543 e. The van der Waals surface area contributed by atoms with Gasteiger partial charge in [0.2, 0.25) is 0 Å². The van der Waals surface area contributed by atoms with Crippen molar-refractivity contribution >= 4 is 20.1 Å². The van der Waals surface area contributed by atoms with Crippen LogP contribution >= 0.6 is 0 Å². The Labute approximate surface area is 174 Å². The Bertz CT molecular complexity index is 890. The fourth-order valence-corrected chi connectivity index (χ4v) is 4.75. The van der Waals surface area contributed by atoms with Gasteiger partial charge in [-0.1, -0.05) is 26.8 Å². The van der Waals surface area contributed by atoms with Crippen LogP contribution in [0, 0.1) is 6.92 Å². The minimum absolute atomic E-state index is 0.0597. The second-order valence-corrected chi connectivity index (χ2v) is 14.2. The van der Waals surface area contributed by atoms with Crippen molar-refractivity contribution in [1.82, 2.24) is 0 Å². The Morgan fingerprint density at radius 3 is 2.48 bits per heavy atom. The lowest BCUT2D eigenvalue weighted by atomic mass is 9.93. The first-order valence-corrected chi connectivity index (χ1v) is 13.2. The Morgan fingerprint density at radius 1 is 1.24 bits per heavy atom. The predicted octanol–water partition coefficient (Wildman–Crippen LogP) is 5.28. The fraction of sp³-hybridized carbons (Fsp3) is 0.565. The van der Waals surface area contributed by atoms with E-state index < -0.39 is 8.32 Å². The number of carbonyl (C=O) groups is 2. The van der Waals surface area contributed by atoms with E-state index in [4.69, 9.17) is 13.9 Å². The van der Waals surface area contributed by atoms with Gasteiger partial charge in [0.25, 0.3) is 8.32 Å². The van der Waals surface area contributed by atoms with Crippen molar-refractivity contribution in [2.75, 3.05) is 7.11 Å². The maximum Gasteiger partial charge on any atom is 0.342 e. The molecule has 0 amide bonds. The molecule has 1 heterocycles. The van der Waals surface area contributed by atoms with E-state index in [1.165, 1.54) is 0 Å². The molecule has 0 saturated carbocycles. The molecule has 0 bridgehead atoms. The van der Waals surface area contributed by atoms with Crippen LogP contribution in [0.5, 0.6) is 11.5 Å². The van der Waals surface area contributed by atoms with Crippen LogP contribution in [0.15, 0.2) is 11.6 Å². The Kier molecular flexibility index (Phi) is 5.69. The molecule has 0 aromatic heterocycles. The van der Waals surface area contributed by atoms with Crippen LogP contribution in [0.1, 0.15) is 67.1 Å². The zero-order valence-corrected chi connectivity index (χ0v) is 19.7. The van der Waals surface area contributed by atoms with Crippen LogP contribution < -0.4 is 9.16 Å². The first-order valence-electron chi connectivity index (χ1n) is 10.3. The first-order chi connectivity index (χ1) is 13.5. The SMILES string of the molecule is COc1c(C)c2c(c(O[Si](C)(C)C(C)(C)C)c1CC(=O)C1=CCCC1)C(=O)OC2. The molecule has 3 rings (SSSR count). The molecule has 1 aliphatic carbocycles. The highest BCUT2D eigenvalue weighted by Gasteiger charge is 2.43. The number of hydrogen-bond acceptors (Lipinski definition) is 5. The van der Waals surface area contributed by atoms with E-state index in [1.54, 1.807) is 7.11 Å². The van der Waals surface area contributed by atoms with Crippen LogP contribution in [0.3, 0.4) is 0 Å². The Morgan fingerprint density at radius 2 is 1.93 bits per heavy atom. The predicted molar refractivity (Wildman–Crippen MR) is 115 cm³/mol. The molecule has 0 atom stereocenters. The van der Waals surface area contributed by atoms with E-state index in [1.807, 2.05) is 13.0 Å². The highest BCUT2D eigenvalue weighted by Crippen LogP contribution is 2.46. The molecule has 158 valence electrons. The van der Waals surface area contributed by atoms with Gasteiger partial charge in [0, 0.05) is 17.5 Å². The smallest absolute Gasteiger partial charge is 0.342 e. The molecule has 1 aromatic carbocycles. The molecule has 0 radical (unpaired) electrons. The maximum atomic E-state index is 13.0. The van der Waals surface area contributed by atoms with E-state index in [-0.39, 0.29) is 29.8 Å². The van der Waals surface area contributed by atoms with Gasteiger partial charge in [0.1, 0.15) is 23.7 Å². The van der Waals surface area contributed by atoms with Gasteiger partial charge in [-0.3, -0.25) is 4.79 Å². The summed E-state index contributed by atoms with van der Waals surface area (Å²) in [6.07, 6.45) is 4.96. The van der Waals surface area contributed by atoms with Crippen LogP contribution in [0.25, 0.3) is 0 Å². The van der Waals surface area contributed by atoms with E-state index in [2.05, 4.69) is 33.9 Å². The Balaban J connectivity index is 2.19. The fourth-order valence-electron chi connectivity index (χ4n) is 3.70. The second kappa shape index (κ2) is 7.63. The molecule has 0 unspecified atom stereocenters. The summed E-state index contributed by atoms with van der Waals surface area (Å²) >= 11 is 0. The number of allylic oxidation sites excluding steroid dienone is 2. The number of benzene rings is 1. The number of ether oxygens (including phenoxy) is 2. The summed E-state index contributed by atoms with van der Waals surface area (Å²) in [5.74, 6) is 0.811. The van der Waals surface area contributed by atoms with E-state index >= 15 is 0 Å². The minimum atomic E-state index is -2.27. The lowest BCUT2D eigenvalue weighted by Crippen LogP contribution is -2.44. The molecule has 1 aliphatic heterocycles. The molecule has 0 spiro atoms. The average Bonchev–Trinajstić information content (AvgIpc) is 3.27. The summed E-state index contributed by atoms with van der Waals surface area (Å²) in [6.45, 7) is 12.8. The maximum absolute atomic E-state index is 13.0. The van der Waals surface area contributed by atoms with Crippen LogP contribution in [0.2, 0.25) is 18.1 Å². The van der Waals surface area contributed by atoms with Crippen molar-refractivity contribution in [1.29, 1.82) is 0 Å². The topological polar surface area (TPSA) is 61.8 Å². The van der Waals surface area contributed by atoms with Crippen LogP contribution in [-0.4, -0.2) is 27.2 Å². The summed E-state index contributed by atoms with van der Waals surface area (Å²) in [7, 11) is -0.672. The molecule has 1 aromatic rings. The molecule has 0 saturated heterocycles. The summed E-state index contributed by atoms with van der Waals surface area (Å²) < 4.78 is 17.7. The van der Waals surface area contributed by atoms with Crippen LogP contribution in [0.4, 0.5) is 0 Å². The zero-order chi connectivity index (χ0) is 21.6. The third-order valence-electron chi connectivity index (χ3n) is 6.53. The monoisotopic (exact) mass is 416 g/mol. The Hall–Kier alpha value is -2.08. The summed E-state index contributed by atoms with van der Waals surface area (Å²) in [5, 5.41) is -0.0597. The number of cyclic esters (lactones) is 1. The first kappa shape index (κ1) is 21.6. The third-order valence-corrected chi connectivity index (χ3v) is 10.9. The van der Waals surface area contributed by atoms with Gasteiger partial charge in [-0.15, -0.1) is 0 Å². The highest BCUT2D eigenvalue weighted by molar-refractivity contribution is 6.74. The third kappa shape index (κ3) is 3.87. The lowest BCUT2D eigenvalue weighted by Gasteiger charge is -2.37. The number of carbonyl (C=O) groups excluding carboxylic acids is 2. The number of fused-ring (bicyclic) bond motifs is 1. The summed E-state index contributed by atoms with van der Waals surface area (Å²) in [6, 6.07) is 0. The number of Topliss-reactive ketones (excluding diaryl/α,β-unsaturated/α-hetero) is 1. The number of ketones is 1. The summed E-state index contributed by atoms with van der Waals surface area (Å²) in [4.78, 5) is 25.7. The molecule has 5 nitrogen and oxygen atoms in total. The molecule has 6 heteroatoms. The van der Waals surface area contributed by atoms with Gasteiger partial charge in [-0.2, -0.15) is 0 Å². The number of methoxy groups -OCH3 is 1. The van der Waals surface area contributed by atoms with Gasteiger partial charge in [0.05, 0.1) is 7.11 Å². The molecular formula is C23H32O5Si. The van der Waals surface area contributed by atoms with Crippen molar-refractivity contribution in [3.8, 4) is 11.5 Å². The van der Waals surface area contributed by atoms with Crippen molar-refractivity contribution in [3.63, 3.8) is 0 Å². The largest absolute Gasteiger partial charge is 0.543 e. The quantitative estimate of drug-likeness (QED) is 0.466. The standard InChI is InChI=1S/C23H32O5Si/c1-14-17-13-27-22(25)19(17)21(28-29(6,7)23(2,3)4)16(20(14)26-5)12-18(24)15-10-8-9-11-15/h10H,8-9,11-13H2,1-7H3. The van der Waals surface area contributed by atoms with E-state index in [0.717, 1.165) is 36.0 Å². The average molecular weight is 417 g/mol. The molecule has 0 fully saturated rings. The van der Waals surface area contributed by atoms with Gasteiger partial charge in [-0.05, 0) is 55.5 Å². The van der Waals surface area contributed by atoms with Crippen molar-refractivity contribution in [2.45, 2.75) is 78.1 Å². The van der Waals surface area contributed by atoms with Crippen molar-refractivity contribution in [3.05, 3.63) is 33.9 Å². The molecular weight excluding hydrogens is 384 g/mol. The van der Waals surface area contributed by atoms with Crippen LogP contribution in [-0.2, 0) is 22.6 Å². The highest BCUT2D eigenvalue weighted by atomic mass is 28.4. The van der Waals surface area contributed by atoms with Crippen molar-refractivity contribution < 1.29 is 23.5 Å².